The van der Waals surface area contributed by atoms with Gasteiger partial charge in [0.1, 0.15) is 11.8 Å². The van der Waals surface area contributed by atoms with Crippen molar-refractivity contribution in [3.8, 4) is 0 Å². The van der Waals surface area contributed by atoms with Crippen LogP contribution in [0.3, 0.4) is 0 Å². The minimum Gasteiger partial charge on any atom is -0.481 e. The summed E-state index contributed by atoms with van der Waals surface area (Å²) in [6.45, 7) is 27.5. The van der Waals surface area contributed by atoms with Gasteiger partial charge in [-0.1, -0.05) is 144 Å². The lowest BCUT2D eigenvalue weighted by Gasteiger charge is -2.42. The fraction of sp³-hybridized carbons (Fsp3) is 0.622. The maximum absolute atomic E-state index is 12.3. The maximum Gasteiger partial charge on any atom is 0.315 e. The van der Waals surface area contributed by atoms with Crippen LogP contribution in [0.5, 0.6) is 0 Å². The number of hydrogen-bond donors (Lipinski definition) is 1. The number of ether oxygens (including phenoxy) is 1. The summed E-state index contributed by atoms with van der Waals surface area (Å²) in [5, 5.41) is 9.57. The van der Waals surface area contributed by atoms with E-state index in [9.17, 15) is 14.7 Å². The van der Waals surface area contributed by atoms with Gasteiger partial charge in [0, 0.05) is 0 Å². The molecule has 0 saturated carbocycles. The van der Waals surface area contributed by atoms with Crippen LogP contribution in [0.2, 0.25) is 33.2 Å². The van der Waals surface area contributed by atoms with E-state index in [1.54, 1.807) is 0 Å². The van der Waals surface area contributed by atoms with E-state index in [-0.39, 0.29) is 18.5 Å². The highest BCUT2D eigenvalue weighted by atomic mass is 28.4. The van der Waals surface area contributed by atoms with Crippen LogP contribution in [0.1, 0.15) is 106 Å². The van der Waals surface area contributed by atoms with Crippen molar-refractivity contribution in [3.05, 3.63) is 71.8 Å². The van der Waals surface area contributed by atoms with E-state index in [1.807, 2.05) is 60.7 Å². The molecule has 1 N–H and O–H groups in total. The van der Waals surface area contributed by atoms with Crippen LogP contribution in [0.15, 0.2) is 60.7 Å². The minimum absolute atomic E-state index is 0.227. The second-order valence-electron chi connectivity index (χ2n) is 14.0. The Labute approximate surface area is 276 Å². The average molecular weight is 659 g/mol. The summed E-state index contributed by atoms with van der Waals surface area (Å²) in [5.41, 5.74) is 4.63. The summed E-state index contributed by atoms with van der Waals surface area (Å²) in [6.07, 6.45) is 0. The molecule has 2 aromatic carbocycles. The lowest BCUT2D eigenvalue weighted by atomic mass is 10.0. The van der Waals surface area contributed by atoms with Crippen LogP contribution in [-0.2, 0) is 23.2 Å². The normalized spacial score (nSPS) is 13.8. The first-order valence-corrected chi connectivity index (χ1v) is 21.0. The molecule has 0 heterocycles. The fourth-order valence-electron chi connectivity index (χ4n) is 7.58. The minimum atomic E-state index is -2.03. The van der Waals surface area contributed by atoms with Gasteiger partial charge in [-0.05, 0) is 44.4 Å². The Kier molecular flexibility index (Phi) is 17.0. The van der Waals surface area contributed by atoms with Crippen molar-refractivity contribution in [3.63, 3.8) is 0 Å². The Morgan fingerprint density at radius 2 is 0.844 bits per heavy atom. The molecular weight excluding hydrogens is 597 g/mol. The number of hydrogen-bond acceptors (Lipinski definition) is 5. The summed E-state index contributed by atoms with van der Waals surface area (Å²) in [7, 11) is -2.58. The van der Waals surface area contributed by atoms with Crippen molar-refractivity contribution in [1.29, 1.82) is 0 Å². The maximum atomic E-state index is 12.3. The van der Waals surface area contributed by atoms with E-state index in [0.29, 0.717) is 39.9 Å². The van der Waals surface area contributed by atoms with Crippen molar-refractivity contribution in [2.75, 3.05) is 20.3 Å². The molecular formula is C37H62O6Si2. The van der Waals surface area contributed by atoms with E-state index >= 15 is 0 Å². The average Bonchev–Trinajstić information content (AvgIpc) is 2.97. The molecule has 0 aromatic heterocycles. The second kappa shape index (κ2) is 18.8. The molecule has 0 fully saturated rings. The summed E-state index contributed by atoms with van der Waals surface area (Å²) < 4.78 is 18.1. The van der Waals surface area contributed by atoms with Crippen LogP contribution in [0.4, 0.5) is 0 Å². The van der Waals surface area contributed by atoms with Gasteiger partial charge < -0.3 is 18.7 Å². The first kappa shape index (κ1) is 40.8. The van der Waals surface area contributed by atoms with Gasteiger partial charge in [0.05, 0.1) is 20.3 Å². The summed E-state index contributed by atoms with van der Waals surface area (Å²) in [5.74, 6) is -1.99. The Bertz CT molecular complexity index is 1090. The second-order valence-corrected chi connectivity index (χ2v) is 25.0. The van der Waals surface area contributed by atoms with E-state index < -0.39 is 28.5 Å². The molecule has 0 amide bonds. The fourth-order valence-corrected chi connectivity index (χ4v) is 18.5. The van der Waals surface area contributed by atoms with Crippen LogP contribution < -0.4 is 0 Å². The molecule has 2 rings (SSSR count). The van der Waals surface area contributed by atoms with Crippen molar-refractivity contribution < 1.29 is 28.3 Å². The number of carbonyl (C=O) groups is 2. The van der Waals surface area contributed by atoms with Crippen molar-refractivity contribution >= 4 is 28.6 Å². The summed E-state index contributed by atoms with van der Waals surface area (Å²) in [6, 6.07) is 19.2. The molecule has 8 heteroatoms. The molecule has 254 valence electrons. The highest BCUT2D eigenvalue weighted by Gasteiger charge is 2.47. The number of methoxy groups -OCH3 is 1. The zero-order valence-corrected chi connectivity index (χ0v) is 32.3. The Hall–Kier alpha value is -2.27. The molecule has 0 radical (unpaired) electrons. The Morgan fingerprint density at radius 3 is 1.11 bits per heavy atom. The van der Waals surface area contributed by atoms with E-state index in [2.05, 4.69) is 83.1 Å². The van der Waals surface area contributed by atoms with Crippen LogP contribution in [0.25, 0.3) is 0 Å². The van der Waals surface area contributed by atoms with Gasteiger partial charge in [-0.3, -0.25) is 9.59 Å². The molecule has 0 aliphatic heterocycles. The number of carboxylic acids is 1. The quantitative estimate of drug-likeness (QED) is 0.143. The van der Waals surface area contributed by atoms with Gasteiger partial charge in [-0.15, -0.1) is 0 Å². The monoisotopic (exact) mass is 658 g/mol. The number of aliphatic carboxylic acids is 1. The van der Waals surface area contributed by atoms with E-state index in [0.717, 1.165) is 11.1 Å². The molecule has 6 nitrogen and oxygen atoms in total. The van der Waals surface area contributed by atoms with Gasteiger partial charge in [0.25, 0.3) is 0 Å². The molecule has 0 aliphatic carbocycles. The first-order chi connectivity index (χ1) is 21.0. The van der Waals surface area contributed by atoms with E-state index in [4.69, 9.17) is 13.6 Å². The van der Waals surface area contributed by atoms with Gasteiger partial charge >= 0.3 is 11.9 Å². The van der Waals surface area contributed by atoms with Crippen molar-refractivity contribution in [2.45, 2.75) is 128 Å². The van der Waals surface area contributed by atoms with E-state index in [1.165, 1.54) is 7.11 Å². The molecule has 45 heavy (non-hydrogen) atoms. The van der Waals surface area contributed by atoms with Crippen molar-refractivity contribution in [1.82, 2.24) is 0 Å². The lowest BCUT2D eigenvalue weighted by Crippen LogP contribution is -2.48. The third kappa shape index (κ3) is 10.4. The van der Waals surface area contributed by atoms with Gasteiger partial charge in [-0.25, -0.2) is 0 Å². The van der Waals surface area contributed by atoms with Crippen LogP contribution in [-0.4, -0.2) is 54.0 Å². The summed E-state index contributed by atoms with van der Waals surface area (Å²) >= 11 is 0. The first-order valence-electron chi connectivity index (χ1n) is 16.7. The van der Waals surface area contributed by atoms with Crippen LogP contribution in [0, 0.1) is 0 Å². The SMILES string of the molecule is CC(C)[Si](OCC(C(=O)O)c1ccccc1)(C(C)C)C(C)C.COC(=O)C(CO[Si](C(C)C)(C(C)C)C(C)C)c1ccccc1. The standard InChI is InChI=1S/C19H32O3Si.C18H30O3Si/c1-14(2)23(15(3)4,16(5)6)22-13-18(19(20)21-7)17-11-9-8-10-12-17;1-13(2)22(14(3)4,15(5)6)21-12-17(18(19)20)16-10-8-7-9-11-16/h8-12,14-16,18H,13H2,1-7H3;7-11,13-15,17H,12H2,1-6H3,(H,19,20). The summed E-state index contributed by atoms with van der Waals surface area (Å²) in [4.78, 5) is 23.9. The third-order valence-corrected chi connectivity index (χ3v) is 21.8. The predicted octanol–water partition coefficient (Wildman–Crippen LogP) is 10.2. The van der Waals surface area contributed by atoms with Gasteiger partial charge in [-0.2, -0.15) is 0 Å². The Morgan fingerprint density at radius 1 is 0.556 bits per heavy atom. The Balaban J connectivity index is 0.000000450. The van der Waals surface area contributed by atoms with Crippen LogP contribution >= 0.6 is 0 Å². The predicted molar refractivity (Wildman–Crippen MR) is 192 cm³/mol. The zero-order valence-electron chi connectivity index (χ0n) is 30.3. The highest BCUT2D eigenvalue weighted by molar-refractivity contribution is 6.78. The smallest absolute Gasteiger partial charge is 0.315 e. The number of benzene rings is 2. The topological polar surface area (TPSA) is 82.1 Å². The molecule has 2 atom stereocenters. The van der Waals surface area contributed by atoms with Gasteiger partial charge in [0.2, 0.25) is 0 Å². The number of rotatable bonds is 16. The zero-order chi connectivity index (χ0) is 34.5. The molecule has 2 unspecified atom stereocenters. The molecule has 2 aromatic rings. The van der Waals surface area contributed by atoms with Gasteiger partial charge in [0.15, 0.2) is 16.6 Å². The molecule has 0 spiro atoms. The highest BCUT2D eigenvalue weighted by Crippen LogP contribution is 2.44. The molecule has 0 aliphatic rings. The lowest BCUT2D eigenvalue weighted by molar-refractivity contribution is -0.143. The van der Waals surface area contributed by atoms with Crippen molar-refractivity contribution in [2.24, 2.45) is 0 Å². The third-order valence-electron chi connectivity index (χ3n) is 9.60. The largest absolute Gasteiger partial charge is 0.481 e. The number of esters is 1. The number of carbonyl (C=O) groups excluding carboxylic acids is 1. The number of carboxylic acid groups (broad SMARTS) is 1. The molecule has 0 bridgehead atoms. The molecule has 0 saturated heterocycles.